The van der Waals surface area contributed by atoms with Gasteiger partial charge in [-0.15, -0.1) is 0 Å². The molecule has 0 heterocycles. The Morgan fingerprint density at radius 2 is 1.32 bits per heavy atom. The molecule has 0 unspecified atom stereocenters. The topological polar surface area (TPSA) is 20.2 Å². The lowest BCUT2D eigenvalue weighted by molar-refractivity contribution is 0.198. The van der Waals surface area contributed by atoms with Crippen molar-refractivity contribution in [2.24, 2.45) is 0 Å². The van der Waals surface area contributed by atoms with Crippen LogP contribution < -0.4 is 0 Å². The minimum Gasteiger partial charge on any atom is -0.389 e. The number of rotatable bonds is 1. The molecular weight excluding hydrogens is 232 g/mol. The first-order chi connectivity index (χ1) is 9.22. The molecule has 0 aliphatic heterocycles. The minimum atomic E-state index is -0.376. The van der Waals surface area contributed by atoms with Crippen LogP contribution in [0.25, 0.3) is 0 Å². The lowest BCUT2D eigenvalue weighted by atomic mass is 9.92. The van der Waals surface area contributed by atoms with Crippen LogP contribution in [-0.2, 0) is 25.7 Å². The van der Waals surface area contributed by atoms with Crippen LogP contribution in [0, 0.1) is 0 Å². The summed E-state index contributed by atoms with van der Waals surface area (Å²) < 4.78 is 0. The zero-order valence-corrected chi connectivity index (χ0v) is 11.4. The van der Waals surface area contributed by atoms with Gasteiger partial charge in [0, 0.05) is 0 Å². The molecule has 0 fully saturated rings. The molecule has 0 saturated carbocycles. The molecule has 1 atom stereocenters. The minimum absolute atomic E-state index is 0.376. The van der Waals surface area contributed by atoms with Gasteiger partial charge in [0.25, 0.3) is 0 Å². The van der Waals surface area contributed by atoms with Crippen LogP contribution >= 0.6 is 0 Å². The molecule has 0 amide bonds. The summed E-state index contributed by atoms with van der Waals surface area (Å²) in [6, 6.07) is 15.6. The molecule has 0 spiro atoms. The van der Waals surface area contributed by atoms with Gasteiger partial charge in [0.2, 0.25) is 0 Å². The van der Waals surface area contributed by atoms with Crippen LogP contribution in [-0.4, -0.2) is 5.11 Å². The van der Waals surface area contributed by atoms with Crippen molar-refractivity contribution in [1.29, 1.82) is 0 Å². The highest BCUT2D eigenvalue weighted by molar-refractivity contribution is 5.36. The van der Waals surface area contributed by atoms with E-state index in [1.165, 1.54) is 22.3 Å². The molecule has 0 saturated heterocycles. The third-order valence-electron chi connectivity index (χ3n) is 4.07. The van der Waals surface area contributed by atoms with Crippen molar-refractivity contribution < 1.29 is 5.11 Å². The largest absolute Gasteiger partial charge is 0.389 e. The van der Waals surface area contributed by atoms with Crippen molar-refractivity contribution in [3.63, 3.8) is 0 Å². The van der Waals surface area contributed by atoms with E-state index in [1.807, 2.05) is 6.92 Å². The quantitative estimate of drug-likeness (QED) is 0.822. The molecule has 19 heavy (non-hydrogen) atoms. The predicted octanol–water partition coefficient (Wildman–Crippen LogP) is 3.62. The summed E-state index contributed by atoms with van der Waals surface area (Å²) in [4.78, 5) is 0. The highest BCUT2D eigenvalue weighted by Crippen LogP contribution is 2.23. The number of aryl methyl sites for hydroxylation is 4. The molecule has 4 aliphatic carbocycles. The Bertz CT molecular complexity index is 567. The monoisotopic (exact) mass is 252 g/mol. The van der Waals surface area contributed by atoms with Gasteiger partial charge in [0.1, 0.15) is 0 Å². The normalized spacial score (nSPS) is 15.9. The second-order valence-electron chi connectivity index (χ2n) is 5.53. The van der Waals surface area contributed by atoms with E-state index in [9.17, 15) is 5.11 Å². The van der Waals surface area contributed by atoms with Gasteiger partial charge in [-0.25, -0.2) is 0 Å². The molecule has 6 rings (SSSR count). The van der Waals surface area contributed by atoms with Gasteiger partial charge in [-0.2, -0.15) is 0 Å². The Hall–Kier alpha value is -1.60. The van der Waals surface area contributed by atoms with Crippen LogP contribution in [0.4, 0.5) is 0 Å². The fourth-order valence-electron chi connectivity index (χ4n) is 2.86. The average molecular weight is 252 g/mol. The third-order valence-corrected chi connectivity index (χ3v) is 4.07. The van der Waals surface area contributed by atoms with E-state index >= 15 is 0 Å². The van der Waals surface area contributed by atoms with Gasteiger partial charge in [0.05, 0.1) is 6.10 Å². The number of hydrogen-bond donors (Lipinski definition) is 1. The summed E-state index contributed by atoms with van der Waals surface area (Å²) in [5.41, 5.74) is 6.48. The average Bonchev–Trinajstić information content (AvgIpc) is 2.41. The standard InChI is InChI=1S/C18H20O/c1-13(19)18-12-16-7-6-14-2-4-15(5-3-14)8-10-17(18)11-9-16/h2-5,9,11-13,19H,6-8,10H2,1H3/t13-/m0/s1. The Balaban J connectivity index is 2.01. The smallest absolute Gasteiger partial charge is 0.0764 e. The van der Waals surface area contributed by atoms with Crippen LogP contribution in [0.5, 0.6) is 0 Å². The molecule has 1 heteroatoms. The summed E-state index contributed by atoms with van der Waals surface area (Å²) in [5, 5.41) is 9.96. The summed E-state index contributed by atoms with van der Waals surface area (Å²) in [7, 11) is 0. The number of hydrogen-bond acceptors (Lipinski definition) is 1. The zero-order valence-electron chi connectivity index (χ0n) is 11.4. The van der Waals surface area contributed by atoms with Gasteiger partial charge in [-0.3, -0.25) is 0 Å². The van der Waals surface area contributed by atoms with E-state index in [0.29, 0.717) is 0 Å². The third kappa shape index (κ3) is 2.71. The molecule has 1 nitrogen and oxygen atoms in total. The van der Waals surface area contributed by atoms with E-state index in [4.69, 9.17) is 0 Å². The SMILES string of the molecule is C[C@H](O)c1cc2ccc1CCc1ccc(cc1)CC2. The second kappa shape index (κ2) is 5.18. The van der Waals surface area contributed by atoms with Crippen molar-refractivity contribution in [1.82, 2.24) is 0 Å². The van der Waals surface area contributed by atoms with Crippen LogP contribution in [0.3, 0.4) is 0 Å². The molecule has 98 valence electrons. The molecule has 0 aromatic heterocycles. The van der Waals surface area contributed by atoms with Gasteiger partial charge in [-0.05, 0) is 60.4 Å². The van der Waals surface area contributed by atoms with Crippen LogP contribution in [0.15, 0.2) is 42.5 Å². The first kappa shape index (κ1) is 12.4. The summed E-state index contributed by atoms with van der Waals surface area (Å²) >= 11 is 0. The van der Waals surface area contributed by atoms with E-state index < -0.39 is 0 Å². The number of aliphatic hydroxyl groups excluding tert-OH is 1. The second-order valence-corrected chi connectivity index (χ2v) is 5.53. The van der Waals surface area contributed by atoms with Gasteiger partial charge in [-0.1, -0.05) is 42.5 Å². The Kier molecular flexibility index (Phi) is 3.39. The van der Waals surface area contributed by atoms with Crippen molar-refractivity contribution >= 4 is 0 Å². The fourth-order valence-corrected chi connectivity index (χ4v) is 2.86. The highest BCUT2D eigenvalue weighted by atomic mass is 16.3. The highest BCUT2D eigenvalue weighted by Gasteiger charge is 2.10. The van der Waals surface area contributed by atoms with E-state index in [-0.39, 0.29) is 6.10 Å². The Morgan fingerprint density at radius 1 is 0.789 bits per heavy atom. The van der Waals surface area contributed by atoms with Crippen molar-refractivity contribution in [3.8, 4) is 0 Å². The summed E-state index contributed by atoms with van der Waals surface area (Å²) in [6.07, 6.45) is 3.77. The first-order valence-electron chi connectivity index (χ1n) is 7.10. The Labute approximate surface area is 114 Å². The number of aliphatic hydroxyl groups is 1. The van der Waals surface area contributed by atoms with Crippen molar-refractivity contribution in [3.05, 3.63) is 70.3 Å². The molecular formula is C18H20O. The van der Waals surface area contributed by atoms with E-state index in [1.54, 1.807) is 0 Å². The van der Waals surface area contributed by atoms with Crippen LogP contribution in [0.1, 0.15) is 40.8 Å². The van der Waals surface area contributed by atoms with Gasteiger partial charge < -0.3 is 5.11 Å². The van der Waals surface area contributed by atoms with Gasteiger partial charge in [0.15, 0.2) is 0 Å². The molecule has 1 N–H and O–H groups in total. The molecule has 0 radical (unpaired) electrons. The van der Waals surface area contributed by atoms with Crippen molar-refractivity contribution in [2.45, 2.75) is 38.7 Å². The first-order valence-corrected chi connectivity index (χ1v) is 7.10. The van der Waals surface area contributed by atoms with Crippen molar-refractivity contribution in [2.75, 3.05) is 0 Å². The Morgan fingerprint density at radius 3 is 1.95 bits per heavy atom. The zero-order chi connectivity index (χ0) is 13.2. The lowest BCUT2D eigenvalue weighted by Gasteiger charge is -2.16. The van der Waals surface area contributed by atoms with E-state index in [2.05, 4.69) is 42.5 Å². The lowest BCUT2D eigenvalue weighted by Crippen LogP contribution is -2.04. The predicted molar refractivity (Wildman–Crippen MR) is 78.3 cm³/mol. The summed E-state index contributed by atoms with van der Waals surface area (Å²) in [6.45, 7) is 1.86. The molecule has 2 aromatic carbocycles. The molecule has 4 bridgehead atoms. The maximum atomic E-state index is 9.96. The fraction of sp³-hybridized carbons (Fsp3) is 0.333. The maximum absolute atomic E-state index is 9.96. The maximum Gasteiger partial charge on any atom is 0.0764 e. The molecule has 2 aromatic rings. The molecule has 4 aliphatic rings. The number of benzene rings is 2. The van der Waals surface area contributed by atoms with Crippen LogP contribution in [0.2, 0.25) is 0 Å². The van der Waals surface area contributed by atoms with Gasteiger partial charge >= 0.3 is 0 Å². The van der Waals surface area contributed by atoms with E-state index in [0.717, 1.165) is 31.2 Å². The summed E-state index contributed by atoms with van der Waals surface area (Å²) in [5.74, 6) is 0.